The van der Waals surface area contributed by atoms with Crippen molar-refractivity contribution in [2.45, 2.75) is 6.18 Å². The molecule has 0 amide bonds. The van der Waals surface area contributed by atoms with Crippen LogP contribution in [0.25, 0.3) is 0 Å². The summed E-state index contributed by atoms with van der Waals surface area (Å²) >= 11 is 17.2. The zero-order valence-electron chi connectivity index (χ0n) is 10.8. The van der Waals surface area contributed by atoms with Gasteiger partial charge in [0.25, 0.3) is 0 Å². The van der Waals surface area contributed by atoms with Gasteiger partial charge in [0.05, 0.1) is 20.6 Å². The topological polar surface area (TPSA) is 26.3 Å². The molecule has 0 heterocycles. The summed E-state index contributed by atoms with van der Waals surface area (Å²) in [5.41, 5.74) is -2.71. The van der Waals surface area contributed by atoms with Crippen LogP contribution < -0.4 is 4.74 Å². The molecule has 0 bridgehead atoms. The first-order chi connectivity index (χ1) is 10.6. The Labute approximate surface area is 142 Å². The van der Waals surface area contributed by atoms with Gasteiger partial charge in [-0.1, -0.05) is 40.9 Å². The molecule has 2 nitrogen and oxygen atoms in total. The summed E-state index contributed by atoms with van der Waals surface area (Å²) < 4.78 is 57.1. The summed E-state index contributed by atoms with van der Waals surface area (Å²) in [5.74, 6) is -3.28. The molecular weight excluding hydrogens is 383 g/mol. The molecule has 0 spiro atoms. The van der Waals surface area contributed by atoms with Crippen LogP contribution >= 0.6 is 34.8 Å². The number of rotatable bonds is 2. The average molecular weight is 388 g/mol. The average Bonchev–Trinajstić information content (AvgIpc) is 2.43. The van der Waals surface area contributed by atoms with Crippen molar-refractivity contribution in [2.75, 3.05) is 0 Å². The lowest BCUT2D eigenvalue weighted by Crippen LogP contribution is -2.19. The van der Waals surface area contributed by atoms with Crippen molar-refractivity contribution in [2.24, 2.45) is 0 Å². The number of hydrogen-bond acceptors (Lipinski definition) is 2. The number of esters is 1. The van der Waals surface area contributed by atoms with E-state index >= 15 is 0 Å². The maximum Gasteiger partial charge on any atom is 0.417 e. The molecular formula is C14H5Cl3F4O2. The van der Waals surface area contributed by atoms with E-state index in [1.807, 2.05) is 0 Å². The highest BCUT2D eigenvalue weighted by Gasteiger charge is 2.37. The first kappa shape index (κ1) is 17.8. The van der Waals surface area contributed by atoms with Gasteiger partial charge < -0.3 is 4.74 Å². The lowest BCUT2D eigenvalue weighted by molar-refractivity contribution is -0.138. The number of carbonyl (C=O) groups excluding carboxylic acids is 1. The van der Waals surface area contributed by atoms with E-state index in [-0.39, 0.29) is 20.8 Å². The Hall–Kier alpha value is -1.50. The fourth-order valence-electron chi connectivity index (χ4n) is 1.70. The van der Waals surface area contributed by atoms with E-state index in [0.717, 1.165) is 18.2 Å². The van der Waals surface area contributed by atoms with E-state index < -0.39 is 29.1 Å². The van der Waals surface area contributed by atoms with Crippen molar-refractivity contribution < 1.29 is 27.1 Å². The Morgan fingerprint density at radius 2 is 1.61 bits per heavy atom. The molecule has 0 aliphatic rings. The van der Waals surface area contributed by atoms with Gasteiger partial charge in [-0.25, -0.2) is 9.18 Å². The van der Waals surface area contributed by atoms with Gasteiger partial charge in [-0.3, -0.25) is 0 Å². The fourth-order valence-corrected chi connectivity index (χ4v) is 2.28. The fraction of sp³-hybridized carbons (Fsp3) is 0.0714. The molecule has 122 valence electrons. The number of hydrogen-bond donors (Lipinski definition) is 0. The highest BCUT2D eigenvalue weighted by Crippen LogP contribution is 2.36. The quantitative estimate of drug-likeness (QED) is 0.272. The normalized spacial score (nSPS) is 11.4. The highest BCUT2D eigenvalue weighted by molar-refractivity contribution is 6.43. The summed E-state index contributed by atoms with van der Waals surface area (Å²) in [5, 5.41) is -0.153. The maximum absolute atomic E-state index is 13.7. The Morgan fingerprint density at radius 3 is 2.22 bits per heavy atom. The second kappa shape index (κ2) is 6.55. The monoisotopic (exact) mass is 386 g/mol. The standard InChI is InChI=1S/C14H5Cl3F4O2/c15-7-4-9(17)11(5-8(7)16)23-13(22)12-6(14(19,20)21)2-1-3-10(12)18/h1-5H. The van der Waals surface area contributed by atoms with Gasteiger partial charge in [0.1, 0.15) is 11.4 Å². The van der Waals surface area contributed by atoms with Gasteiger partial charge in [-0.05, 0) is 18.2 Å². The van der Waals surface area contributed by atoms with Crippen LogP contribution in [0.3, 0.4) is 0 Å². The third-order valence-electron chi connectivity index (χ3n) is 2.70. The molecule has 2 aromatic carbocycles. The van der Waals surface area contributed by atoms with Gasteiger partial charge in [0.2, 0.25) is 0 Å². The maximum atomic E-state index is 13.7. The van der Waals surface area contributed by atoms with Crippen molar-refractivity contribution in [3.05, 3.63) is 62.3 Å². The minimum atomic E-state index is -4.93. The van der Waals surface area contributed by atoms with Crippen molar-refractivity contribution in [1.29, 1.82) is 0 Å². The first-order valence-corrected chi connectivity index (χ1v) is 6.97. The smallest absolute Gasteiger partial charge is 0.417 e. The molecule has 0 aromatic heterocycles. The van der Waals surface area contributed by atoms with E-state index in [4.69, 9.17) is 39.5 Å². The predicted octanol–water partition coefficient (Wildman–Crippen LogP) is 6.02. The van der Waals surface area contributed by atoms with Crippen molar-refractivity contribution >= 4 is 40.8 Å². The lowest BCUT2D eigenvalue weighted by Gasteiger charge is -2.13. The van der Waals surface area contributed by atoms with Crippen molar-refractivity contribution in [3.8, 4) is 5.75 Å². The summed E-state index contributed by atoms with van der Waals surface area (Å²) in [4.78, 5) is 12.0. The van der Waals surface area contributed by atoms with E-state index in [1.165, 1.54) is 0 Å². The zero-order chi connectivity index (χ0) is 17.4. The van der Waals surface area contributed by atoms with Crippen molar-refractivity contribution in [3.63, 3.8) is 0 Å². The molecule has 0 unspecified atom stereocenters. The molecule has 2 rings (SSSR count). The SMILES string of the molecule is O=C(Oc1cc(Cl)c(Cl)cc1Cl)c1c(F)cccc1C(F)(F)F. The molecule has 0 radical (unpaired) electrons. The van der Waals surface area contributed by atoms with Crippen LogP contribution in [0, 0.1) is 5.82 Å². The van der Waals surface area contributed by atoms with Gasteiger partial charge in [0, 0.05) is 6.07 Å². The largest absolute Gasteiger partial charge is 0.421 e. The molecule has 0 fully saturated rings. The summed E-state index contributed by atoms with van der Waals surface area (Å²) in [7, 11) is 0. The molecule has 0 atom stereocenters. The summed E-state index contributed by atoms with van der Waals surface area (Å²) in [6, 6.07) is 4.29. The molecule has 9 heteroatoms. The molecule has 2 aromatic rings. The summed E-state index contributed by atoms with van der Waals surface area (Å²) in [6.45, 7) is 0. The van der Waals surface area contributed by atoms with E-state index in [1.54, 1.807) is 0 Å². The van der Waals surface area contributed by atoms with Crippen LogP contribution in [-0.2, 0) is 6.18 Å². The number of alkyl halides is 3. The number of ether oxygens (including phenoxy) is 1. The number of halogens is 7. The lowest BCUT2D eigenvalue weighted by atomic mass is 10.1. The van der Waals surface area contributed by atoms with Crippen LogP contribution in [0.2, 0.25) is 15.1 Å². The Morgan fingerprint density at radius 1 is 1.00 bits per heavy atom. The van der Waals surface area contributed by atoms with Crippen molar-refractivity contribution in [1.82, 2.24) is 0 Å². The molecule has 0 aliphatic carbocycles. The van der Waals surface area contributed by atoms with Crippen LogP contribution in [0.1, 0.15) is 15.9 Å². The van der Waals surface area contributed by atoms with E-state index in [9.17, 15) is 22.4 Å². The molecule has 0 aliphatic heterocycles. The van der Waals surface area contributed by atoms with Crippen LogP contribution in [-0.4, -0.2) is 5.97 Å². The third-order valence-corrected chi connectivity index (χ3v) is 3.72. The number of benzene rings is 2. The summed E-state index contributed by atoms with van der Waals surface area (Å²) in [6.07, 6.45) is -4.93. The van der Waals surface area contributed by atoms with Crippen LogP contribution in [0.5, 0.6) is 5.75 Å². The Bertz CT molecular complexity index is 775. The van der Waals surface area contributed by atoms with Gasteiger partial charge in [0.15, 0.2) is 5.75 Å². The van der Waals surface area contributed by atoms with Crippen LogP contribution in [0.15, 0.2) is 30.3 Å². The minimum absolute atomic E-state index is 0.0385. The third kappa shape index (κ3) is 3.88. The van der Waals surface area contributed by atoms with E-state index in [0.29, 0.717) is 12.1 Å². The first-order valence-electron chi connectivity index (χ1n) is 5.83. The molecule has 0 saturated heterocycles. The Kier molecular flexibility index (Phi) is 5.08. The minimum Gasteiger partial charge on any atom is -0.421 e. The van der Waals surface area contributed by atoms with Gasteiger partial charge in [-0.15, -0.1) is 0 Å². The second-order valence-corrected chi connectivity index (χ2v) is 5.47. The van der Waals surface area contributed by atoms with Gasteiger partial charge in [-0.2, -0.15) is 13.2 Å². The van der Waals surface area contributed by atoms with Gasteiger partial charge >= 0.3 is 12.1 Å². The zero-order valence-corrected chi connectivity index (χ0v) is 13.1. The Balaban J connectivity index is 2.45. The number of carbonyl (C=O) groups is 1. The van der Waals surface area contributed by atoms with Crippen LogP contribution in [0.4, 0.5) is 17.6 Å². The second-order valence-electron chi connectivity index (χ2n) is 4.25. The molecule has 0 N–H and O–H groups in total. The van der Waals surface area contributed by atoms with E-state index in [2.05, 4.69) is 0 Å². The highest BCUT2D eigenvalue weighted by atomic mass is 35.5. The molecule has 0 saturated carbocycles. The molecule has 23 heavy (non-hydrogen) atoms. The predicted molar refractivity (Wildman–Crippen MR) is 77.8 cm³/mol.